The molecule has 3 heteroatoms. The molecular weight excluding hydrogens is 302 g/mol. The van der Waals surface area contributed by atoms with Gasteiger partial charge in [-0.05, 0) is 30.2 Å². The molecule has 1 heterocycles. The first-order chi connectivity index (χ1) is 9.29. The molecule has 0 aliphatic carbocycles. The molecule has 2 rings (SSSR count). The minimum Gasteiger partial charge on any atom is -0.377 e. The fraction of sp³-hybridized carbons (Fsp3) is 0.312. The zero-order chi connectivity index (χ0) is 13.5. The molecule has 0 saturated carbocycles. The average Bonchev–Trinajstić information content (AvgIpc) is 2.45. The van der Waals surface area contributed by atoms with Crippen LogP contribution in [0.15, 0.2) is 47.1 Å². The van der Waals surface area contributed by atoms with Crippen molar-refractivity contribution in [2.75, 3.05) is 6.61 Å². The third-order valence-electron chi connectivity index (χ3n) is 2.88. The Bertz CT molecular complexity index is 493. The largest absolute Gasteiger partial charge is 0.377 e. The molecule has 1 aromatic carbocycles. The lowest BCUT2D eigenvalue weighted by Gasteiger charge is -2.05. The van der Waals surface area contributed by atoms with Crippen LogP contribution in [0.5, 0.6) is 0 Å². The van der Waals surface area contributed by atoms with Crippen LogP contribution in [-0.4, -0.2) is 11.6 Å². The van der Waals surface area contributed by atoms with Crippen LogP contribution in [-0.2, 0) is 11.3 Å². The maximum atomic E-state index is 5.58. The number of aromatic nitrogens is 1. The molecule has 0 aliphatic rings. The van der Waals surface area contributed by atoms with Crippen LogP contribution in [0.1, 0.15) is 25.3 Å². The van der Waals surface area contributed by atoms with E-state index in [4.69, 9.17) is 4.74 Å². The van der Waals surface area contributed by atoms with Gasteiger partial charge in [0.2, 0.25) is 0 Å². The van der Waals surface area contributed by atoms with Crippen molar-refractivity contribution in [2.45, 2.75) is 26.4 Å². The standard InChI is InChI=1S/C16H18BrNO/c1-2-3-10-19-12-13-4-9-16(18-11-13)14-5-7-15(17)8-6-14/h4-9,11H,2-3,10,12H2,1H3. The molecule has 0 amide bonds. The van der Waals surface area contributed by atoms with E-state index in [9.17, 15) is 0 Å². The first-order valence-corrected chi connectivity index (χ1v) is 7.37. The molecule has 2 nitrogen and oxygen atoms in total. The lowest BCUT2D eigenvalue weighted by Crippen LogP contribution is -1.96. The quantitative estimate of drug-likeness (QED) is 0.711. The predicted octanol–water partition coefficient (Wildman–Crippen LogP) is 4.83. The molecule has 100 valence electrons. The Balaban J connectivity index is 1.96. The van der Waals surface area contributed by atoms with Gasteiger partial charge < -0.3 is 4.74 Å². The van der Waals surface area contributed by atoms with Gasteiger partial charge in [-0.3, -0.25) is 4.98 Å². The molecule has 0 radical (unpaired) electrons. The third kappa shape index (κ3) is 4.44. The van der Waals surface area contributed by atoms with Crippen molar-refractivity contribution in [3.8, 4) is 11.3 Å². The van der Waals surface area contributed by atoms with E-state index in [1.807, 2.05) is 24.4 Å². The van der Waals surface area contributed by atoms with Gasteiger partial charge in [-0.25, -0.2) is 0 Å². The van der Waals surface area contributed by atoms with Crippen molar-refractivity contribution in [1.29, 1.82) is 0 Å². The average molecular weight is 320 g/mol. The van der Waals surface area contributed by atoms with E-state index in [-0.39, 0.29) is 0 Å². The third-order valence-corrected chi connectivity index (χ3v) is 3.40. The number of unbranched alkanes of at least 4 members (excludes halogenated alkanes) is 1. The highest BCUT2D eigenvalue weighted by atomic mass is 79.9. The topological polar surface area (TPSA) is 22.1 Å². The Kier molecular flexibility index (Phi) is 5.55. The van der Waals surface area contributed by atoms with E-state index in [0.717, 1.165) is 34.3 Å². The summed E-state index contributed by atoms with van der Waals surface area (Å²) in [5, 5.41) is 0. The first kappa shape index (κ1) is 14.2. The summed E-state index contributed by atoms with van der Waals surface area (Å²) in [4.78, 5) is 4.48. The molecule has 0 atom stereocenters. The van der Waals surface area contributed by atoms with Gasteiger partial charge in [0.25, 0.3) is 0 Å². The summed E-state index contributed by atoms with van der Waals surface area (Å²) in [5.74, 6) is 0. The van der Waals surface area contributed by atoms with Crippen LogP contribution in [0.25, 0.3) is 11.3 Å². The number of rotatable bonds is 6. The fourth-order valence-electron chi connectivity index (χ4n) is 1.74. The first-order valence-electron chi connectivity index (χ1n) is 6.58. The smallest absolute Gasteiger partial charge is 0.0731 e. The van der Waals surface area contributed by atoms with E-state index in [0.29, 0.717) is 6.61 Å². The molecule has 2 aromatic rings. The van der Waals surface area contributed by atoms with Gasteiger partial charge in [-0.2, -0.15) is 0 Å². The Morgan fingerprint density at radius 2 is 1.89 bits per heavy atom. The number of nitrogens with zero attached hydrogens (tertiary/aromatic N) is 1. The summed E-state index contributed by atoms with van der Waals surface area (Å²) >= 11 is 3.43. The van der Waals surface area contributed by atoms with Crippen LogP contribution < -0.4 is 0 Å². The lowest BCUT2D eigenvalue weighted by molar-refractivity contribution is 0.118. The summed E-state index contributed by atoms with van der Waals surface area (Å²) < 4.78 is 6.66. The molecule has 0 fully saturated rings. The van der Waals surface area contributed by atoms with Crippen LogP contribution in [0.3, 0.4) is 0 Å². The van der Waals surface area contributed by atoms with Crippen LogP contribution in [0.4, 0.5) is 0 Å². The maximum Gasteiger partial charge on any atom is 0.0731 e. The summed E-state index contributed by atoms with van der Waals surface area (Å²) in [6.07, 6.45) is 4.18. The van der Waals surface area contributed by atoms with Gasteiger partial charge in [-0.1, -0.05) is 47.5 Å². The van der Waals surface area contributed by atoms with Crippen molar-refractivity contribution in [3.05, 3.63) is 52.6 Å². The van der Waals surface area contributed by atoms with Crippen LogP contribution in [0.2, 0.25) is 0 Å². The molecule has 0 aliphatic heterocycles. The fourth-order valence-corrected chi connectivity index (χ4v) is 2.00. The maximum absolute atomic E-state index is 5.58. The van der Waals surface area contributed by atoms with Gasteiger partial charge in [0.1, 0.15) is 0 Å². The van der Waals surface area contributed by atoms with Crippen molar-refractivity contribution in [3.63, 3.8) is 0 Å². The van der Waals surface area contributed by atoms with Gasteiger partial charge in [0.05, 0.1) is 12.3 Å². The van der Waals surface area contributed by atoms with E-state index < -0.39 is 0 Å². The minimum atomic E-state index is 0.646. The van der Waals surface area contributed by atoms with E-state index in [1.54, 1.807) is 0 Å². The highest BCUT2D eigenvalue weighted by molar-refractivity contribution is 9.10. The second-order valence-corrected chi connectivity index (χ2v) is 5.38. The Morgan fingerprint density at radius 3 is 2.53 bits per heavy atom. The number of hydrogen-bond acceptors (Lipinski definition) is 2. The van der Waals surface area contributed by atoms with Crippen LogP contribution >= 0.6 is 15.9 Å². The monoisotopic (exact) mass is 319 g/mol. The molecule has 0 spiro atoms. The molecule has 0 unspecified atom stereocenters. The molecule has 0 saturated heterocycles. The van der Waals surface area contributed by atoms with Gasteiger partial charge in [0, 0.05) is 22.8 Å². The van der Waals surface area contributed by atoms with Crippen LogP contribution in [0, 0.1) is 0 Å². The number of benzene rings is 1. The molecule has 0 bridgehead atoms. The summed E-state index contributed by atoms with van der Waals surface area (Å²) in [5.41, 5.74) is 3.24. The highest BCUT2D eigenvalue weighted by Gasteiger charge is 2.00. The van der Waals surface area contributed by atoms with Crippen molar-refractivity contribution in [1.82, 2.24) is 4.98 Å². The Morgan fingerprint density at radius 1 is 1.11 bits per heavy atom. The Labute approximate surface area is 123 Å². The summed E-state index contributed by atoms with van der Waals surface area (Å²) in [7, 11) is 0. The number of hydrogen-bond donors (Lipinski definition) is 0. The second kappa shape index (κ2) is 7.41. The molecular formula is C16H18BrNO. The summed E-state index contributed by atoms with van der Waals surface area (Å²) in [6.45, 7) is 3.64. The molecule has 19 heavy (non-hydrogen) atoms. The van der Waals surface area contributed by atoms with E-state index in [1.165, 1.54) is 6.42 Å². The van der Waals surface area contributed by atoms with E-state index >= 15 is 0 Å². The molecule has 0 N–H and O–H groups in total. The SMILES string of the molecule is CCCCOCc1ccc(-c2ccc(Br)cc2)nc1. The zero-order valence-electron chi connectivity index (χ0n) is 11.1. The van der Waals surface area contributed by atoms with Crippen molar-refractivity contribution in [2.24, 2.45) is 0 Å². The predicted molar refractivity (Wildman–Crippen MR) is 81.9 cm³/mol. The minimum absolute atomic E-state index is 0.646. The van der Waals surface area contributed by atoms with Gasteiger partial charge in [-0.15, -0.1) is 0 Å². The van der Waals surface area contributed by atoms with E-state index in [2.05, 4.69) is 46.0 Å². The normalized spacial score (nSPS) is 10.6. The number of ether oxygens (including phenoxy) is 1. The summed E-state index contributed by atoms with van der Waals surface area (Å²) in [6, 6.07) is 12.3. The highest BCUT2D eigenvalue weighted by Crippen LogP contribution is 2.20. The number of halogens is 1. The van der Waals surface area contributed by atoms with Gasteiger partial charge >= 0.3 is 0 Å². The molecule has 1 aromatic heterocycles. The van der Waals surface area contributed by atoms with Crippen molar-refractivity contribution < 1.29 is 4.74 Å². The Hall–Kier alpha value is -1.19. The van der Waals surface area contributed by atoms with Gasteiger partial charge in [0.15, 0.2) is 0 Å². The second-order valence-electron chi connectivity index (χ2n) is 4.46. The van der Waals surface area contributed by atoms with Crippen molar-refractivity contribution >= 4 is 15.9 Å². The number of pyridine rings is 1. The zero-order valence-corrected chi connectivity index (χ0v) is 12.7. The lowest BCUT2D eigenvalue weighted by atomic mass is 10.1.